The van der Waals surface area contributed by atoms with Gasteiger partial charge in [0.2, 0.25) is 11.8 Å². The lowest BCUT2D eigenvalue weighted by atomic mass is 9.97. The molecule has 2 aromatic heterocycles. The molecule has 8 nitrogen and oxygen atoms in total. The van der Waals surface area contributed by atoms with Gasteiger partial charge in [0.05, 0.1) is 11.0 Å². The van der Waals surface area contributed by atoms with Crippen LogP contribution in [0.25, 0.3) is 21.9 Å². The Hall–Kier alpha value is -4.59. The fourth-order valence-corrected chi connectivity index (χ4v) is 4.77. The molecule has 2 heterocycles. The molecule has 0 aliphatic heterocycles. The molecule has 0 fully saturated rings. The van der Waals surface area contributed by atoms with Crippen LogP contribution in [-0.4, -0.2) is 48.8 Å². The molecule has 0 radical (unpaired) electrons. The third-order valence-electron chi connectivity index (χ3n) is 7.36. The van der Waals surface area contributed by atoms with Crippen LogP contribution in [0, 0.1) is 0 Å². The Balaban J connectivity index is 1.56. The molecular weight excluding hydrogens is 500 g/mol. The Bertz CT molecular complexity index is 1630. The van der Waals surface area contributed by atoms with Crippen LogP contribution in [0.4, 0.5) is 0 Å². The summed E-state index contributed by atoms with van der Waals surface area (Å²) in [5.74, 6) is -0.438. The summed E-state index contributed by atoms with van der Waals surface area (Å²) < 4.78 is 1.60. The molecule has 0 saturated heterocycles. The maximum absolute atomic E-state index is 14.1. The second-order valence-electron chi connectivity index (χ2n) is 10.6. The molecule has 2 amide bonds. The fourth-order valence-electron chi connectivity index (χ4n) is 4.77. The molecule has 1 atom stereocenters. The number of nitrogens with zero attached hydrogens (tertiary/aromatic N) is 5. The van der Waals surface area contributed by atoms with Crippen LogP contribution in [-0.2, 0) is 22.6 Å². The molecule has 0 aliphatic carbocycles. The van der Waals surface area contributed by atoms with Crippen LogP contribution in [0.2, 0.25) is 0 Å². The zero-order chi connectivity index (χ0) is 28.1. The van der Waals surface area contributed by atoms with Crippen molar-refractivity contribution in [3.8, 4) is 0 Å². The molecule has 0 aliphatic rings. The average molecular weight is 535 g/mol. The Morgan fingerprint density at radius 1 is 0.950 bits per heavy atom. The number of rotatable bonds is 10. The molecule has 204 valence electrons. The summed E-state index contributed by atoms with van der Waals surface area (Å²) in [6.07, 6.45) is 3.09. The Morgan fingerprint density at radius 2 is 1.73 bits per heavy atom. The SMILES string of the molecule is CCC(C)(C)NC(=O)[C@H](c1ccc2ncccc2c1)N(CCc1ccccc1)C(=O)Cn1nnc2ccccc21. The van der Waals surface area contributed by atoms with Crippen molar-refractivity contribution in [2.24, 2.45) is 0 Å². The number of amides is 2. The summed E-state index contributed by atoms with van der Waals surface area (Å²) in [6.45, 7) is 6.33. The highest BCUT2D eigenvalue weighted by Gasteiger charge is 2.34. The molecule has 40 heavy (non-hydrogen) atoms. The minimum atomic E-state index is -0.846. The highest BCUT2D eigenvalue weighted by Crippen LogP contribution is 2.27. The van der Waals surface area contributed by atoms with E-state index in [1.807, 2.05) is 106 Å². The predicted octanol–water partition coefficient (Wildman–Crippen LogP) is 5.10. The molecule has 8 heteroatoms. The number of fused-ring (bicyclic) bond motifs is 2. The number of pyridine rings is 1. The highest BCUT2D eigenvalue weighted by molar-refractivity contribution is 5.91. The maximum atomic E-state index is 14.1. The molecule has 1 N–H and O–H groups in total. The Labute approximate surface area is 234 Å². The largest absolute Gasteiger partial charge is 0.349 e. The lowest BCUT2D eigenvalue weighted by molar-refractivity contribution is -0.142. The van der Waals surface area contributed by atoms with Crippen molar-refractivity contribution in [3.63, 3.8) is 0 Å². The molecule has 0 unspecified atom stereocenters. The monoisotopic (exact) mass is 534 g/mol. The number of carbonyl (C=O) groups excluding carboxylic acids is 2. The number of hydrogen-bond donors (Lipinski definition) is 1. The van der Waals surface area contributed by atoms with E-state index in [1.165, 1.54) is 0 Å². The topological polar surface area (TPSA) is 93.0 Å². The van der Waals surface area contributed by atoms with E-state index in [0.717, 1.165) is 34.0 Å². The van der Waals surface area contributed by atoms with Crippen molar-refractivity contribution >= 4 is 33.8 Å². The van der Waals surface area contributed by atoms with E-state index in [4.69, 9.17) is 0 Å². The Kier molecular flexibility index (Phi) is 7.86. The van der Waals surface area contributed by atoms with Gasteiger partial charge in [0.15, 0.2) is 0 Å². The zero-order valence-corrected chi connectivity index (χ0v) is 23.1. The lowest BCUT2D eigenvalue weighted by Crippen LogP contribution is -2.51. The minimum Gasteiger partial charge on any atom is -0.349 e. The van der Waals surface area contributed by atoms with E-state index in [0.29, 0.717) is 18.5 Å². The zero-order valence-electron chi connectivity index (χ0n) is 23.1. The van der Waals surface area contributed by atoms with Crippen molar-refractivity contribution in [2.45, 2.75) is 51.7 Å². The van der Waals surface area contributed by atoms with Gasteiger partial charge >= 0.3 is 0 Å². The number of carbonyl (C=O) groups is 2. The summed E-state index contributed by atoms with van der Waals surface area (Å²) in [5, 5.41) is 12.5. The van der Waals surface area contributed by atoms with Crippen molar-refractivity contribution in [2.75, 3.05) is 6.54 Å². The first kappa shape index (κ1) is 27.0. The van der Waals surface area contributed by atoms with E-state index in [2.05, 4.69) is 20.6 Å². The first-order valence-electron chi connectivity index (χ1n) is 13.6. The van der Waals surface area contributed by atoms with Gasteiger partial charge in [0.1, 0.15) is 18.1 Å². The Morgan fingerprint density at radius 3 is 2.52 bits per heavy atom. The molecule has 0 bridgehead atoms. The lowest BCUT2D eigenvalue weighted by Gasteiger charge is -2.35. The molecule has 5 rings (SSSR count). The van der Waals surface area contributed by atoms with Gasteiger partial charge in [-0.1, -0.05) is 66.7 Å². The van der Waals surface area contributed by atoms with Crippen LogP contribution >= 0.6 is 0 Å². The first-order chi connectivity index (χ1) is 19.3. The van der Waals surface area contributed by atoms with Crippen LogP contribution in [0.5, 0.6) is 0 Å². The number of aromatic nitrogens is 4. The van der Waals surface area contributed by atoms with E-state index in [9.17, 15) is 9.59 Å². The average Bonchev–Trinajstić information content (AvgIpc) is 3.37. The summed E-state index contributed by atoms with van der Waals surface area (Å²) >= 11 is 0. The molecule has 0 spiro atoms. The van der Waals surface area contributed by atoms with E-state index < -0.39 is 11.6 Å². The maximum Gasteiger partial charge on any atom is 0.247 e. The summed E-state index contributed by atoms with van der Waals surface area (Å²) in [6, 6.07) is 26.3. The van der Waals surface area contributed by atoms with E-state index >= 15 is 0 Å². The van der Waals surface area contributed by atoms with Gasteiger partial charge in [0.25, 0.3) is 0 Å². The second-order valence-corrected chi connectivity index (χ2v) is 10.6. The van der Waals surface area contributed by atoms with E-state index in [1.54, 1.807) is 15.8 Å². The van der Waals surface area contributed by atoms with Crippen LogP contribution < -0.4 is 5.32 Å². The standard InChI is InChI=1S/C32H34N6O2/c1-4-32(2,3)34-31(40)30(25-16-17-26-24(21-25)13-10-19-33-26)37(20-18-23-11-6-5-7-12-23)29(39)22-38-28-15-9-8-14-27(28)35-36-38/h5-17,19,21,30H,4,18,20,22H2,1-3H3,(H,34,40)/t30-/m0/s1. The van der Waals surface area contributed by atoms with Crippen molar-refractivity contribution in [1.82, 2.24) is 30.2 Å². The highest BCUT2D eigenvalue weighted by atomic mass is 16.2. The summed E-state index contributed by atoms with van der Waals surface area (Å²) in [4.78, 5) is 34.3. The second kappa shape index (κ2) is 11.7. The third-order valence-corrected chi connectivity index (χ3v) is 7.36. The first-order valence-corrected chi connectivity index (χ1v) is 13.6. The van der Waals surface area contributed by atoms with Crippen LogP contribution in [0.1, 0.15) is 44.4 Å². The summed E-state index contributed by atoms with van der Waals surface area (Å²) in [5.41, 5.74) is 3.69. The number of benzene rings is 3. The van der Waals surface area contributed by atoms with Crippen LogP contribution in [0.3, 0.4) is 0 Å². The fraction of sp³-hybridized carbons (Fsp3) is 0.281. The summed E-state index contributed by atoms with van der Waals surface area (Å²) in [7, 11) is 0. The quantitative estimate of drug-likeness (QED) is 0.269. The van der Waals surface area contributed by atoms with Crippen molar-refractivity contribution in [1.29, 1.82) is 0 Å². The van der Waals surface area contributed by atoms with Crippen molar-refractivity contribution in [3.05, 3.63) is 102 Å². The number of hydrogen-bond acceptors (Lipinski definition) is 5. The van der Waals surface area contributed by atoms with Gasteiger partial charge in [-0.15, -0.1) is 5.10 Å². The third kappa shape index (κ3) is 6.01. The minimum absolute atomic E-state index is 0.0363. The molecule has 0 saturated carbocycles. The predicted molar refractivity (Wildman–Crippen MR) is 156 cm³/mol. The van der Waals surface area contributed by atoms with Gasteiger partial charge in [-0.2, -0.15) is 0 Å². The van der Waals surface area contributed by atoms with Gasteiger partial charge in [-0.25, -0.2) is 4.68 Å². The smallest absolute Gasteiger partial charge is 0.247 e. The molecule has 5 aromatic rings. The number of para-hydroxylation sites is 1. The van der Waals surface area contributed by atoms with E-state index in [-0.39, 0.29) is 18.4 Å². The number of nitrogens with one attached hydrogen (secondary N) is 1. The van der Waals surface area contributed by atoms with Gasteiger partial charge < -0.3 is 10.2 Å². The molecular formula is C32H34N6O2. The molecule has 3 aromatic carbocycles. The normalized spacial score (nSPS) is 12.4. The van der Waals surface area contributed by atoms with Gasteiger partial charge in [0, 0.05) is 23.7 Å². The van der Waals surface area contributed by atoms with Gasteiger partial charge in [-0.05, 0) is 68.1 Å². The van der Waals surface area contributed by atoms with Crippen LogP contribution in [0.15, 0.2) is 91.1 Å². The van der Waals surface area contributed by atoms with Crippen molar-refractivity contribution < 1.29 is 9.59 Å². The van der Waals surface area contributed by atoms with Gasteiger partial charge in [-0.3, -0.25) is 14.6 Å².